The van der Waals surface area contributed by atoms with Crippen molar-refractivity contribution in [1.29, 1.82) is 0 Å². The molecule has 4 nitrogen and oxygen atoms in total. The van der Waals surface area contributed by atoms with Crippen molar-refractivity contribution >= 4 is 5.82 Å². The maximum absolute atomic E-state index is 4.84. The van der Waals surface area contributed by atoms with E-state index in [1.54, 1.807) is 6.20 Å². The first-order valence-corrected chi connectivity index (χ1v) is 8.51. The van der Waals surface area contributed by atoms with Crippen LogP contribution in [0.4, 0.5) is 5.82 Å². The monoisotopic (exact) mass is 316 g/mol. The number of hydrogen-bond donors (Lipinski definition) is 0. The van der Waals surface area contributed by atoms with Crippen molar-refractivity contribution in [2.45, 2.75) is 19.3 Å². The van der Waals surface area contributed by atoms with E-state index in [1.165, 1.54) is 19.3 Å². The van der Waals surface area contributed by atoms with E-state index < -0.39 is 0 Å². The molecule has 1 fully saturated rings. The van der Waals surface area contributed by atoms with Gasteiger partial charge >= 0.3 is 0 Å². The van der Waals surface area contributed by atoms with Crippen LogP contribution in [-0.4, -0.2) is 28.0 Å². The Labute approximate surface area is 142 Å². The number of hydrogen-bond acceptors (Lipinski definition) is 4. The summed E-state index contributed by atoms with van der Waals surface area (Å²) in [7, 11) is 0. The van der Waals surface area contributed by atoms with Crippen molar-refractivity contribution in [3.63, 3.8) is 0 Å². The van der Waals surface area contributed by atoms with Gasteiger partial charge in [-0.25, -0.2) is 9.97 Å². The normalized spacial score (nSPS) is 14.6. The molecule has 0 aliphatic carbocycles. The fraction of sp³-hybridized carbons (Fsp3) is 0.250. The van der Waals surface area contributed by atoms with Gasteiger partial charge < -0.3 is 4.90 Å². The number of aromatic nitrogens is 3. The van der Waals surface area contributed by atoms with Crippen molar-refractivity contribution in [1.82, 2.24) is 15.0 Å². The van der Waals surface area contributed by atoms with Crippen LogP contribution in [-0.2, 0) is 0 Å². The summed E-state index contributed by atoms with van der Waals surface area (Å²) in [5.41, 5.74) is 2.80. The Kier molecular flexibility index (Phi) is 4.19. The van der Waals surface area contributed by atoms with Crippen LogP contribution >= 0.6 is 0 Å². The average molecular weight is 316 g/mol. The molecule has 4 heteroatoms. The van der Waals surface area contributed by atoms with Crippen LogP contribution in [0.5, 0.6) is 0 Å². The molecule has 3 aromatic rings. The average Bonchev–Trinajstić information content (AvgIpc) is 2.70. The molecule has 120 valence electrons. The van der Waals surface area contributed by atoms with Crippen LogP contribution < -0.4 is 4.90 Å². The highest BCUT2D eigenvalue weighted by Crippen LogP contribution is 2.26. The van der Waals surface area contributed by atoms with Gasteiger partial charge in [-0.05, 0) is 31.4 Å². The summed E-state index contributed by atoms with van der Waals surface area (Å²) in [6.45, 7) is 2.12. The second-order valence-corrected chi connectivity index (χ2v) is 6.06. The zero-order valence-electron chi connectivity index (χ0n) is 13.6. The van der Waals surface area contributed by atoms with Crippen molar-refractivity contribution in [3.05, 3.63) is 60.8 Å². The minimum atomic E-state index is 0.763. The second kappa shape index (κ2) is 6.79. The molecule has 1 aliphatic rings. The zero-order valence-corrected chi connectivity index (χ0v) is 13.6. The highest BCUT2D eigenvalue weighted by atomic mass is 15.2. The highest BCUT2D eigenvalue weighted by Gasteiger charge is 2.16. The quantitative estimate of drug-likeness (QED) is 0.726. The molecule has 0 atom stereocenters. The van der Waals surface area contributed by atoms with E-state index >= 15 is 0 Å². The predicted octanol–water partition coefficient (Wildman–Crippen LogP) is 4.20. The molecule has 0 spiro atoms. The first-order chi connectivity index (χ1) is 11.9. The maximum Gasteiger partial charge on any atom is 0.162 e. The van der Waals surface area contributed by atoms with Crippen LogP contribution in [0, 0.1) is 0 Å². The molecule has 0 unspecified atom stereocenters. The summed E-state index contributed by atoms with van der Waals surface area (Å²) in [5, 5.41) is 0. The molecule has 1 saturated heterocycles. The van der Waals surface area contributed by atoms with E-state index in [-0.39, 0.29) is 0 Å². The minimum Gasteiger partial charge on any atom is -0.356 e. The highest BCUT2D eigenvalue weighted by molar-refractivity contribution is 5.65. The zero-order chi connectivity index (χ0) is 16.2. The number of benzene rings is 1. The molecule has 24 heavy (non-hydrogen) atoms. The number of nitrogens with zero attached hydrogens (tertiary/aromatic N) is 4. The third-order valence-corrected chi connectivity index (χ3v) is 4.35. The van der Waals surface area contributed by atoms with Gasteiger partial charge in [-0.15, -0.1) is 0 Å². The second-order valence-electron chi connectivity index (χ2n) is 6.06. The molecule has 0 bridgehead atoms. The Balaban J connectivity index is 1.81. The number of anilines is 1. The molecule has 1 aliphatic heterocycles. The van der Waals surface area contributed by atoms with Crippen LogP contribution in [0.1, 0.15) is 19.3 Å². The van der Waals surface area contributed by atoms with Crippen LogP contribution in [0.3, 0.4) is 0 Å². The summed E-state index contributed by atoms with van der Waals surface area (Å²) >= 11 is 0. The Bertz CT molecular complexity index is 739. The molecule has 3 heterocycles. The molecule has 0 saturated carbocycles. The molecule has 2 aromatic heterocycles. The summed E-state index contributed by atoms with van der Waals surface area (Å²) < 4.78 is 0. The van der Waals surface area contributed by atoms with Gasteiger partial charge in [-0.1, -0.05) is 36.4 Å². The van der Waals surface area contributed by atoms with E-state index in [4.69, 9.17) is 9.97 Å². The maximum atomic E-state index is 4.84. The molecule has 0 radical (unpaired) electrons. The number of rotatable bonds is 3. The largest absolute Gasteiger partial charge is 0.356 e. The first-order valence-electron chi connectivity index (χ1n) is 8.51. The fourth-order valence-corrected chi connectivity index (χ4v) is 3.08. The van der Waals surface area contributed by atoms with Crippen molar-refractivity contribution in [3.8, 4) is 22.8 Å². The van der Waals surface area contributed by atoms with Gasteiger partial charge in [-0.2, -0.15) is 0 Å². The van der Waals surface area contributed by atoms with E-state index in [2.05, 4.69) is 28.1 Å². The van der Waals surface area contributed by atoms with Gasteiger partial charge in [0, 0.05) is 30.9 Å². The lowest BCUT2D eigenvalue weighted by Crippen LogP contribution is -2.30. The van der Waals surface area contributed by atoms with Gasteiger partial charge in [-0.3, -0.25) is 4.98 Å². The van der Waals surface area contributed by atoms with Crippen LogP contribution in [0.25, 0.3) is 22.8 Å². The number of piperidine rings is 1. The molecular weight excluding hydrogens is 296 g/mol. The van der Waals surface area contributed by atoms with Gasteiger partial charge in [0.05, 0.1) is 11.4 Å². The van der Waals surface area contributed by atoms with E-state index in [0.717, 1.165) is 41.7 Å². The Morgan fingerprint density at radius 3 is 2.29 bits per heavy atom. The van der Waals surface area contributed by atoms with Crippen molar-refractivity contribution in [2.24, 2.45) is 0 Å². The van der Waals surface area contributed by atoms with Crippen LogP contribution in [0.2, 0.25) is 0 Å². The minimum absolute atomic E-state index is 0.763. The van der Waals surface area contributed by atoms with E-state index in [1.807, 2.05) is 36.4 Å². The fourth-order valence-electron chi connectivity index (χ4n) is 3.08. The predicted molar refractivity (Wildman–Crippen MR) is 96.8 cm³/mol. The summed E-state index contributed by atoms with van der Waals surface area (Å²) in [5.74, 6) is 1.77. The summed E-state index contributed by atoms with van der Waals surface area (Å²) in [4.78, 5) is 16.4. The third-order valence-electron chi connectivity index (χ3n) is 4.35. The molecule has 1 aromatic carbocycles. The van der Waals surface area contributed by atoms with Crippen LogP contribution in [0.15, 0.2) is 60.8 Å². The number of pyridine rings is 1. The standard InChI is InChI=1S/C20H20N4/c1-3-9-16(10-4-1)20-22-18(17-11-5-6-12-21-17)15-19(23-20)24-13-7-2-8-14-24/h1,3-6,9-12,15H,2,7-8,13-14H2. The SMILES string of the molecule is c1ccc(-c2nc(-c3ccccn3)cc(N3CCCCC3)n2)cc1. The summed E-state index contributed by atoms with van der Waals surface area (Å²) in [6.07, 6.45) is 5.56. The molecule has 4 rings (SSSR count). The lowest BCUT2D eigenvalue weighted by atomic mass is 10.1. The third kappa shape index (κ3) is 3.13. The lowest BCUT2D eigenvalue weighted by Gasteiger charge is -2.28. The first kappa shape index (κ1) is 14.8. The Morgan fingerprint density at radius 2 is 1.54 bits per heavy atom. The van der Waals surface area contributed by atoms with Crippen molar-refractivity contribution in [2.75, 3.05) is 18.0 Å². The summed E-state index contributed by atoms with van der Waals surface area (Å²) in [6, 6.07) is 18.1. The topological polar surface area (TPSA) is 41.9 Å². The van der Waals surface area contributed by atoms with Gasteiger partial charge in [0.25, 0.3) is 0 Å². The molecular formula is C20H20N4. The van der Waals surface area contributed by atoms with Gasteiger partial charge in [0.1, 0.15) is 5.82 Å². The lowest BCUT2D eigenvalue weighted by molar-refractivity contribution is 0.573. The van der Waals surface area contributed by atoms with Gasteiger partial charge in [0.2, 0.25) is 0 Å². The van der Waals surface area contributed by atoms with E-state index in [0.29, 0.717) is 0 Å². The van der Waals surface area contributed by atoms with E-state index in [9.17, 15) is 0 Å². The molecule has 0 amide bonds. The van der Waals surface area contributed by atoms with Crippen molar-refractivity contribution < 1.29 is 0 Å². The van der Waals surface area contributed by atoms with Gasteiger partial charge in [0.15, 0.2) is 5.82 Å². The Hall–Kier alpha value is -2.75. The smallest absolute Gasteiger partial charge is 0.162 e. The molecule has 0 N–H and O–H groups in total. The Morgan fingerprint density at radius 1 is 0.750 bits per heavy atom.